The van der Waals surface area contributed by atoms with Crippen LogP contribution in [0.4, 0.5) is 0 Å². The molecule has 0 saturated heterocycles. The van der Waals surface area contributed by atoms with Gasteiger partial charge in [0.2, 0.25) is 0 Å². The molecule has 0 unspecified atom stereocenters. The van der Waals surface area contributed by atoms with Crippen LogP contribution in [0.2, 0.25) is 5.02 Å². The van der Waals surface area contributed by atoms with Crippen LogP contribution in [0.5, 0.6) is 0 Å². The van der Waals surface area contributed by atoms with Crippen molar-refractivity contribution in [2.45, 2.75) is 6.04 Å². The predicted molar refractivity (Wildman–Crippen MR) is 80.2 cm³/mol. The molecule has 0 radical (unpaired) electrons. The Balaban J connectivity index is 2.30. The van der Waals surface area contributed by atoms with Crippen molar-refractivity contribution in [1.29, 1.82) is 0 Å². The largest absolute Gasteiger partial charge is 0.467 e. The summed E-state index contributed by atoms with van der Waals surface area (Å²) < 4.78 is 4.80. The van der Waals surface area contributed by atoms with Crippen molar-refractivity contribution >= 4 is 23.8 Å². The third kappa shape index (κ3) is 3.45. The van der Waals surface area contributed by atoms with Gasteiger partial charge < -0.3 is 4.74 Å². The van der Waals surface area contributed by atoms with Gasteiger partial charge in [-0.15, -0.1) is 0 Å². The molecule has 2 aromatic carbocycles. The standard InChI is InChI=1S/C16H14ClNO2/c1-20-16(19)15(12-7-3-2-4-8-12)18-11-13-9-5-6-10-14(13)17/h2-11,15H,1H3/t15-/m1/s1. The Morgan fingerprint density at radius 3 is 2.45 bits per heavy atom. The molecule has 0 saturated carbocycles. The summed E-state index contributed by atoms with van der Waals surface area (Å²) in [7, 11) is 1.35. The first-order chi connectivity index (χ1) is 9.72. The highest BCUT2D eigenvalue weighted by Gasteiger charge is 2.19. The fourth-order valence-electron chi connectivity index (χ4n) is 1.76. The van der Waals surface area contributed by atoms with E-state index in [9.17, 15) is 4.79 Å². The van der Waals surface area contributed by atoms with Crippen LogP contribution in [0, 0.1) is 0 Å². The maximum Gasteiger partial charge on any atom is 0.335 e. The molecule has 2 rings (SSSR count). The maximum absolute atomic E-state index is 11.8. The number of halogens is 1. The van der Waals surface area contributed by atoms with Gasteiger partial charge in [-0.3, -0.25) is 4.99 Å². The van der Waals surface area contributed by atoms with E-state index in [2.05, 4.69) is 4.99 Å². The van der Waals surface area contributed by atoms with E-state index in [0.29, 0.717) is 5.02 Å². The lowest BCUT2D eigenvalue weighted by atomic mass is 10.1. The van der Waals surface area contributed by atoms with Crippen molar-refractivity contribution < 1.29 is 9.53 Å². The molecule has 0 N–H and O–H groups in total. The first-order valence-corrected chi connectivity index (χ1v) is 6.50. The summed E-state index contributed by atoms with van der Waals surface area (Å²) in [6, 6.07) is 15.9. The van der Waals surface area contributed by atoms with Gasteiger partial charge in [0.25, 0.3) is 0 Å². The van der Waals surface area contributed by atoms with Gasteiger partial charge in [-0.05, 0) is 11.6 Å². The number of ether oxygens (including phenoxy) is 1. The molecule has 4 heteroatoms. The van der Waals surface area contributed by atoms with E-state index in [1.807, 2.05) is 48.5 Å². The highest BCUT2D eigenvalue weighted by atomic mass is 35.5. The number of carbonyl (C=O) groups is 1. The lowest BCUT2D eigenvalue weighted by Gasteiger charge is -2.10. The average molecular weight is 288 g/mol. The third-order valence-corrected chi connectivity index (χ3v) is 3.15. The number of methoxy groups -OCH3 is 1. The van der Waals surface area contributed by atoms with Crippen LogP contribution in [0.15, 0.2) is 59.6 Å². The van der Waals surface area contributed by atoms with Crippen molar-refractivity contribution in [2.75, 3.05) is 7.11 Å². The second-order valence-corrected chi connectivity index (χ2v) is 4.54. The maximum atomic E-state index is 11.8. The smallest absolute Gasteiger partial charge is 0.335 e. The molecule has 0 aliphatic heterocycles. The zero-order valence-corrected chi connectivity index (χ0v) is 11.7. The van der Waals surface area contributed by atoms with E-state index in [1.165, 1.54) is 7.11 Å². The number of nitrogens with zero attached hydrogens (tertiary/aromatic N) is 1. The average Bonchev–Trinajstić information content (AvgIpc) is 2.50. The number of benzene rings is 2. The molecule has 0 aliphatic rings. The van der Waals surface area contributed by atoms with Crippen LogP contribution < -0.4 is 0 Å². The molecule has 0 heterocycles. The van der Waals surface area contributed by atoms with Crippen LogP contribution in [0.1, 0.15) is 17.2 Å². The fourth-order valence-corrected chi connectivity index (χ4v) is 1.95. The number of hydrogen-bond donors (Lipinski definition) is 0. The summed E-state index contributed by atoms with van der Waals surface area (Å²) in [5.41, 5.74) is 1.54. The molecule has 2 aromatic rings. The molecule has 0 fully saturated rings. The zero-order chi connectivity index (χ0) is 14.4. The minimum Gasteiger partial charge on any atom is -0.467 e. The molecule has 102 valence electrons. The van der Waals surface area contributed by atoms with Gasteiger partial charge in [0.15, 0.2) is 6.04 Å². The Labute approximate surface area is 122 Å². The van der Waals surface area contributed by atoms with Gasteiger partial charge in [0.05, 0.1) is 7.11 Å². The normalized spacial score (nSPS) is 12.3. The van der Waals surface area contributed by atoms with Gasteiger partial charge in [0.1, 0.15) is 0 Å². The number of carbonyl (C=O) groups excluding carboxylic acids is 1. The highest BCUT2D eigenvalue weighted by Crippen LogP contribution is 2.20. The quantitative estimate of drug-likeness (QED) is 0.636. The van der Waals surface area contributed by atoms with Crippen LogP contribution in [0.25, 0.3) is 0 Å². The summed E-state index contributed by atoms with van der Waals surface area (Å²) in [6.45, 7) is 0. The van der Waals surface area contributed by atoms with E-state index in [-0.39, 0.29) is 0 Å². The molecule has 20 heavy (non-hydrogen) atoms. The van der Waals surface area contributed by atoms with Crippen molar-refractivity contribution in [3.05, 3.63) is 70.7 Å². The second-order valence-electron chi connectivity index (χ2n) is 4.14. The van der Waals surface area contributed by atoms with Crippen LogP contribution in [-0.2, 0) is 9.53 Å². The Hall–Kier alpha value is -2.13. The van der Waals surface area contributed by atoms with E-state index in [1.54, 1.807) is 12.3 Å². The fraction of sp³-hybridized carbons (Fsp3) is 0.125. The topological polar surface area (TPSA) is 38.7 Å². The Morgan fingerprint density at radius 2 is 1.80 bits per heavy atom. The molecule has 0 bridgehead atoms. The molecule has 0 spiro atoms. The summed E-state index contributed by atoms with van der Waals surface area (Å²) in [5.74, 6) is -0.403. The van der Waals surface area contributed by atoms with Crippen molar-refractivity contribution in [3.63, 3.8) is 0 Å². The SMILES string of the molecule is COC(=O)[C@H](N=Cc1ccccc1Cl)c1ccccc1. The Bertz CT molecular complexity index is 611. The number of esters is 1. The minimum atomic E-state index is -0.683. The number of rotatable bonds is 4. The Morgan fingerprint density at radius 1 is 1.15 bits per heavy atom. The first kappa shape index (κ1) is 14.3. The summed E-state index contributed by atoms with van der Waals surface area (Å²) >= 11 is 6.06. The summed E-state index contributed by atoms with van der Waals surface area (Å²) in [4.78, 5) is 16.2. The first-order valence-electron chi connectivity index (χ1n) is 6.13. The summed E-state index contributed by atoms with van der Waals surface area (Å²) in [6.07, 6.45) is 1.59. The lowest BCUT2D eigenvalue weighted by Crippen LogP contribution is -2.12. The van der Waals surface area contributed by atoms with Gasteiger partial charge in [-0.2, -0.15) is 0 Å². The zero-order valence-electron chi connectivity index (χ0n) is 11.0. The molecule has 0 amide bonds. The Kier molecular flexibility index (Phi) is 4.91. The number of aliphatic imine (C=N–C) groups is 1. The van der Waals surface area contributed by atoms with E-state index >= 15 is 0 Å². The van der Waals surface area contributed by atoms with Crippen LogP contribution >= 0.6 is 11.6 Å². The van der Waals surface area contributed by atoms with Crippen molar-refractivity contribution in [1.82, 2.24) is 0 Å². The lowest BCUT2D eigenvalue weighted by molar-refractivity contribution is -0.142. The number of hydrogen-bond acceptors (Lipinski definition) is 3. The van der Waals surface area contributed by atoms with Gasteiger partial charge >= 0.3 is 5.97 Å². The van der Waals surface area contributed by atoms with Gasteiger partial charge in [-0.25, -0.2) is 4.79 Å². The van der Waals surface area contributed by atoms with Gasteiger partial charge in [0, 0.05) is 16.8 Å². The van der Waals surface area contributed by atoms with E-state index < -0.39 is 12.0 Å². The molecule has 0 aliphatic carbocycles. The van der Waals surface area contributed by atoms with Crippen molar-refractivity contribution in [2.24, 2.45) is 4.99 Å². The summed E-state index contributed by atoms with van der Waals surface area (Å²) in [5, 5.41) is 0.591. The van der Waals surface area contributed by atoms with E-state index in [4.69, 9.17) is 16.3 Å². The van der Waals surface area contributed by atoms with Crippen molar-refractivity contribution in [3.8, 4) is 0 Å². The molecule has 1 atom stereocenters. The monoisotopic (exact) mass is 287 g/mol. The molecular formula is C16H14ClNO2. The minimum absolute atomic E-state index is 0.403. The van der Waals surface area contributed by atoms with Crippen LogP contribution in [0.3, 0.4) is 0 Å². The second kappa shape index (κ2) is 6.87. The molecule has 0 aromatic heterocycles. The van der Waals surface area contributed by atoms with E-state index in [0.717, 1.165) is 11.1 Å². The predicted octanol–water partition coefficient (Wildman–Crippen LogP) is 3.67. The molecule has 3 nitrogen and oxygen atoms in total. The third-order valence-electron chi connectivity index (χ3n) is 2.81. The molecular weight excluding hydrogens is 274 g/mol. The van der Waals surface area contributed by atoms with Gasteiger partial charge in [-0.1, -0.05) is 60.1 Å². The highest BCUT2D eigenvalue weighted by molar-refractivity contribution is 6.33. The van der Waals surface area contributed by atoms with Crippen LogP contribution in [-0.4, -0.2) is 19.3 Å².